The maximum atomic E-state index is 10.5. The van der Waals surface area contributed by atoms with Crippen LogP contribution < -0.4 is 0 Å². The van der Waals surface area contributed by atoms with Crippen LogP contribution in [0.4, 0.5) is 0 Å². The summed E-state index contributed by atoms with van der Waals surface area (Å²) < 4.78 is 16.5. The molecule has 0 aromatic rings. The first-order valence-electron chi connectivity index (χ1n) is 10.9. The molecule has 9 heteroatoms. The van der Waals surface area contributed by atoms with Crippen LogP contribution >= 0.6 is 0 Å². The number of hydrogen-bond donors (Lipinski definition) is 6. The molecule has 9 nitrogen and oxygen atoms in total. The van der Waals surface area contributed by atoms with Gasteiger partial charge in [0.1, 0.15) is 24.4 Å². The third kappa shape index (κ3) is 4.63. The molecule has 6 unspecified atom stereocenters. The van der Waals surface area contributed by atoms with Gasteiger partial charge in [-0.1, -0.05) is 0 Å². The molecule has 0 spiro atoms. The van der Waals surface area contributed by atoms with Gasteiger partial charge in [0.15, 0.2) is 18.5 Å². The molecule has 10 atom stereocenters. The van der Waals surface area contributed by atoms with Crippen molar-refractivity contribution in [2.75, 3.05) is 6.61 Å². The Balaban J connectivity index is 1.50. The number of rotatable bonds is 3. The zero-order chi connectivity index (χ0) is 20.7. The molecule has 2 aliphatic heterocycles. The van der Waals surface area contributed by atoms with Gasteiger partial charge in [-0.15, -0.1) is 0 Å². The number of fused-ring (bicyclic) bond motifs is 1. The maximum absolute atomic E-state index is 10.5. The van der Waals surface area contributed by atoms with Crippen molar-refractivity contribution in [2.45, 2.75) is 106 Å². The second-order valence-corrected chi connectivity index (χ2v) is 9.29. The highest BCUT2D eigenvalue weighted by atomic mass is 16.7. The normalized spacial score (nSPS) is 54.0. The lowest BCUT2D eigenvalue weighted by Gasteiger charge is -2.47. The second kappa shape index (κ2) is 9.02. The van der Waals surface area contributed by atoms with Crippen LogP contribution in [0, 0.1) is 11.8 Å². The van der Waals surface area contributed by atoms with Crippen molar-refractivity contribution in [3.63, 3.8) is 0 Å². The zero-order valence-corrected chi connectivity index (χ0v) is 16.5. The first-order chi connectivity index (χ1) is 13.8. The number of hydrogen-bond acceptors (Lipinski definition) is 8. The minimum Gasteiger partial charge on any atom is -0.427 e. The van der Waals surface area contributed by atoms with E-state index in [9.17, 15) is 30.6 Å². The molecule has 0 bridgehead atoms. The Morgan fingerprint density at radius 3 is 2.21 bits per heavy atom. The van der Waals surface area contributed by atoms with E-state index in [1.54, 1.807) is 0 Å². The molecule has 2 heterocycles. The van der Waals surface area contributed by atoms with Gasteiger partial charge in [0.25, 0.3) is 0 Å². The lowest BCUT2D eigenvalue weighted by molar-refractivity contribution is -0.344. The minimum absolute atomic E-state index is 0.131. The molecule has 0 aromatic heterocycles. The number of aliphatic hydroxyl groups is 8. The van der Waals surface area contributed by atoms with Gasteiger partial charge in [-0.05, 0) is 32.1 Å². The summed E-state index contributed by atoms with van der Waals surface area (Å²) in [6.45, 7) is -0.131. The highest BCUT2D eigenvalue weighted by molar-refractivity contribution is 4.97. The summed E-state index contributed by atoms with van der Waals surface area (Å²) in [5, 5.41) is 60.4. The van der Waals surface area contributed by atoms with Crippen LogP contribution in [0.15, 0.2) is 0 Å². The van der Waals surface area contributed by atoms with Crippen molar-refractivity contribution in [1.29, 1.82) is 0 Å². The Labute approximate surface area is 170 Å². The predicted molar refractivity (Wildman–Crippen MR) is 99.7 cm³/mol. The predicted octanol–water partition coefficient (Wildman–Crippen LogP) is -1.84. The van der Waals surface area contributed by atoms with Crippen molar-refractivity contribution in [3.05, 3.63) is 0 Å². The smallest absolute Gasteiger partial charge is 0.186 e. The van der Waals surface area contributed by atoms with E-state index >= 15 is 0 Å². The van der Waals surface area contributed by atoms with Crippen LogP contribution in [-0.4, -0.2) is 103 Å². The monoisotopic (exact) mass is 419 g/mol. The van der Waals surface area contributed by atoms with Crippen LogP contribution in [0.1, 0.15) is 44.9 Å². The summed E-state index contributed by atoms with van der Waals surface area (Å²) >= 11 is 0. The molecule has 168 valence electrons. The first-order valence-corrected chi connectivity index (χ1v) is 10.9. The fourth-order valence-electron chi connectivity index (χ4n) is 5.55. The quantitative estimate of drug-likeness (QED) is 0.292. The van der Waals surface area contributed by atoms with Gasteiger partial charge < -0.3 is 44.8 Å². The molecule has 2 saturated carbocycles. The van der Waals surface area contributed by atoms with Crippen LogP contribution in [0.25, 0.3) is 0 Å². The van der Waals surface area contributed by atoms with Crippen LogP contribution in [0.3, 0.4) is 0 Å². The van der Waals surface area contributed by atoms with Gasteiger partial charge in [-0.3, -0.25) is 0 Å². The number of aliphatic hydroxyl groups excluding tert-OH is 6. The average Bonchev–Trinajstić information content (AvgIpc) is 2.69. The fourth-order valence-corrected chi connectivity index (χ4v) is 5.55. The average molecular weight is 419 g/mol. The molecule has 7 N–H and O–H groups in total. The van der Waals surface area contributed by atoms with Gasteiger partial charge >= 0.3 is 0 Å². The van der Waals surface area contributed by atoms with Gasteiger partial charge in [0, 0.05) is 18.8 Å². The van der Waals surface area contributed by atoms with Crippen molar-refractivity contribution in [1.82, 2.24) is 0 Å². The van der Waals surface area contributed by atoms with Gasteiger partial charge in [-0.2, -0.15) is 0 Å². The first kappa shape index (κ1) is 21.9. The van der Waals surface area contributed by atoms with E-state index < -0.39 is 42.9 Å². The molecule has 4 rings (SSSR count). The van der Waals surface area contributed by atoms with Gasteiger partial charge in [-0.25, -0.2) is 0 Å². The topological polar surface area (TPSA) is 153 Å². The largest absolute Gasteiger partial charge is 0.427 e. The summed E-state index contributed by atoms with van der Waals surface area (Å²) in [7, 11) is 0. The molecular formula is C20H35O9+. The molecule has 0 aromatic carbocycles. The van der Waals surface area contributed by atoms with Crippen molar-refractivity contribution < 1.29 is 44.8 Å². The van der Waals surface area contributed by atoms with E-state index in [0.29, 0.717) is 32.1 Å². The molecular weight excluding hydrogens is 384 g/mol. The van der Waals surface area contributed by atoms with Gasteiger partial charge in [0.05, 0.1) is 30.8 Å². The van der Waals surface area contributed by atoms with E-state index in [0.717, 1.165) is 12.8 Å². The Morgan fingerprint density at radius 1 is 0.759 bits per heavy atom. The number of ether oxygens (including phenoxy) is 3. The standard InChI is InChI=1S/C20H34O9/c21-10-3-1-9(2-4-10)19-16(29-20-18(26)17(25)14(24)8-27-20)7-12-13(23)5-11(22)6-15(12)28-19/h9-26H,1-8H2/p+1/t9?,10?,11?,12?,13?,14-,15?,16?,17+,18-,19?,20+/m1/s1. The summed E-state index contributed by atoms with van der Waals surface area (Å²) in [4.78, 5) is 0. The zero-order valence-electron chi connectivity index (χ0n) is 16.5. The molecule has 4 aliphatic rings. The molecule has 0 radical (unpaired) electrons. The highest BCUT2D eigenvalue weighted by Gasteiger charge is 2.53. The van der Waals surface area contributed by atoms with E-state index in [2.05, 4.69) is 0 Å². The minimum atomic E-state index is -1.37. The SMILES string of the molecule is OC1CCC(C2[OH+]C3CC(O)CC(O)C3CC2O[C@@H]2OC[C@@H](O)[C@H](O)[C@H]2O)CC1. The molecule has 2 aliphatic carbocycles. The van der Waals surface area contributed by atoms with E-state index in [-0.39, 0.29) is 36.8 Å². The summed E-state index contributed by atoms with van der Waals surface area (Å²) in [6, 6.07) is 0. The summed E-state index contributed by atoms with van der Waals surface area (Å²) in [5.74, 6) is 0.0712. The third-order valence-electron chi connectivity index (χ3n) is 7.25. The lowest BCUT2D eigenvalue weighted by atomic mass is 9.73. The Morgan fingerprint density at radius 2 is 1.48 bits per heavy atom. The maximum Gasteiger partial charge on any atom is 0.186 e. The fraction of sp³-hybridized carbons (Fsp3) is 1.00. The van der Waals surface area contributed by atoms with Crippen molar-refractivity contribution >= 4 is 0 Å². The summed E-state index contributed by atoms with van der Waals surface area (Å²) in [5.41, 5.74) is 0. The van der Waals surface area contributed by atoms with Crippen molar-refractivity contribution in [3.8, 4) is 0 Å². The molecule has 4 fully saturated rings. The van der Waals surface area contributed by atoms with Gasteiger partial charge in [0.2, 0.25) is 0 Å². The summed E-state index contributed by atoms with van der Waals surface area (Å²) in [6.07, 6.45) is -2.84. The van der Waals surface area contributed by atoms with Crippen LogP contribution in [0.5, 0.6) is 0 Å². The van der Waals surface area contributed by atoms with E-state index in [1.807, 2.05) is 0 Å². The molecule has 2 saturated heterocycles. The van der Waals surface area contributed by atoms with Crippen LogP contribution in [-0.2, 0) is 9.47 Å². The van der Waals surface area contributed by atoms with Crippen molar-refractivity contribution in [2.24, 2.45) is 11.8 Å². The third-order valence-corrected chi connectivity index (χ3v) is 7.25. The Hall–Kier alpha value is -0.360. The Bertz CT molecular complexity index is 540. The van der Waals surface area contributed by atoms with Crippen LogP contribution in [0.2, 0.25) is 0 Å². The van der Waals surface area contributed by atoms with E-state index in [1.165, 1.54) is 0 Å². The Kier molecular flexibility index (Phi) is 6.80. The molecule has 0 amide bonds. The van der Waals surface area contributed by atoms with E-state index in [4.69, 9.17) is 14.2 Å². The highest BCUT2D eigenvalue weighted by Crippen LogP contribution is 2.41. The molecule has 29 heavy (non-hydrogen) atoms. The lowest BCUT2D eigenvalue weighted by Crippen LogP contribution is -2.60. The second-order valence-electron chi connectivity index (χ2n) is 9.29.